The highest BCUT2D eigenvalue weighted by Crippen LogP contribution is 2.23. The zero-order valence-electron chi connectivity index (χ0n) is 18.1. The van der Waals surface area contributed by atoms with Gasteiger partial charge in [-0.25, -0.2) is 4.52 Å². The number of halogens is 1. The minimum atomic E-state index is -0.386. The minimum absolute atomic E-state index is 0.0569. The lowest BCUT2D eigenvalue weighted by Crippen LogP contribution is -2.37. The summed E-state index contributed by atoms with van der Waals surface area (Å²) in [5.74, 6) is -0.379. The highest BCUT2D eigenvalue weighted by Gasteiger charge is 2.17. The van der Waals surface area contributed by atoms with Crippen LogP contribution in [0.25, 0.3) is 16.8 Å². The van der Waals surface area contributed by atoms with E-state index in [0.717, 1.165) is 0 Å². The molecule has 0 aliphatic heterocycles. The van der Waals surface area contributed by atoms with Gasteiger partial charge in [-0.2, -0.15) is 0 Å². The van der Waals surface area contributed by atoms with E-state index in [9.17, 15) is 14.4 Å². The Balaban J connectivity index is 1.95. The van der Waals surface area contributed by atoms with Gasteiger partial charge in [-0.05, 0) is 26.0 Å². The molecule has 0 atom stereocenters. The Kier molecular flexibility index (Phi) is 7.53. The summed E-state index contributed by atoms with van der Waals surface area (Å²) < 4.78 is 13.3. The maximum Gasteiger partial charge on any atom is 0.302 e. The van der Waals surface area contributed by atoms with E-state index in [1.54, 1.807) is 30.5 Å². The fraction of sp³-hybridized carbons (Fsp3) is 0.364. The van der Waals surface area contributed by atoms with Gasteiger partial charge in [-0.15, -0.1) is 5.10 Å². The monoisotopic (exact) mass is 460 g/mol. The Hall–Kier alpha value is -3.33. The largest absolute Gasteiger partial charge is 0.476 e. The molecule has 0 saturated heterocycles. The number of esters is 1. The molecule has 3 rings (SSSR count). The first-order valence-electron chi connectivity index (χ1n) is 10.2. The Morgan fingerprint density at radius 2 is 2.00 bits per heavy atom. The van der Waals surface area contributed by atoms with Crippen LogP contribution >= 0.6 is 11.6 Å². The number of benzene rings is 1. The lowest BCUT2D eigenvalue weighted by Gasteiger charge is -2.15. The number of carbonyl (C=O) groups excluding carboxylic acids is 2. The van der Waals surface area contributed by atoms with E-state index < -0.39 is 0 Å². The first-order chi connectivity index (χ1) is 15.2. The van der Waals surface area contributed by atoms with E-state index in [-0.39, 0.29) is 54.6 Å². The molecule has 10 heteroatoms. The summed E-state index contributed by atoms with van der Waals surface area (Å²) in [6.45, 7) is 5.39. The SMILES string of the molecule is CC(=O)OCCCOc1cc2c(=O)n(CC(=O)NC(C)C)c(-c3cccc(Cl)c3)cn2n1. The van der Waals surface area contributed by atoms with Crippen molar-refractivity contribution in [3.8, 4) is 17.1 Å². The van der Waals surface area contributed by atoms with Gasteiger partial charge in [0, 0.05) is 36.0 Å². The van der Waals surface area contributed by atoms with Gasteiger partial charge in [0.25, 0.3) is 5.56 Å². The number of fused-ring (bicyclic) bond motifs is 1. The van der Waals surface area contributed by atoms with Crippen LogP contribution in [0.2, 0.25) is 5.02 Å². The lowest BCUT2D eigenvalue weighted by molar-refractivity contribution is -0.141. The average molecular weight is 461 g/mol. The number of nitrogens with zero attached hydrogens (tertiary/aromatic N) is 3. The Bertz CT molecular complexity index is 1180. The zero-order valence-corrected chi connectivity index (χ0v) is 18.9. The number of hydrogen-bond donors (Lipinski definition) is 1. The van der Waals surface area contributed by atoms with E-state index in [0.29, 0.717) is 22.7 Å². The smallest absolute Gasteiger partial charge is 0.302 e. The predicted octanol–water partition coefficient (Wildman–Crippen LogP) is 2.67. The molecule has 1 aromatic carbocycles. The molecule has 0 spiro atoms. The Labute approximate surface area is 189 Å². The van der Waals surface area contributed by atoms with Crippen molar-refractivity contribution in [2.75, 3.05) is 13.2 Å². The van der Waals surface area contributed by atoms with Gasteiger partial charge in [0.05, 0.1) is 25.1 Å². The van der Waals surface area contributed by atoms with E-state index >= 15 is 0 Å². The molecular formula is C22H25ClN4O5. The summed E-state index contributed by atoms with van der Waals surface area (Å²) in [5.41, 5.74) is 1.05. The maximum atomic E-state index is 13.3. The first kappa shape index (κ1) is 23.3. The molecule has 0 unspecified atom stereocenters. The van der Waals surface area contributed by atoms with Crippen molar-refractivity contribution in [1.29, 1.82) is 0 Å². The molecule has 0 radical (unpaired) electrons. The van der Waals surface area contributed by atoms with Crippen LogP contribution in [-0.2, 0) is 20.9 Å². The third-order valence-electron chi connectivity index (χ3n) is 4.43. The normalized spacial score (nSPS) is 11.0. The zero-order chi connectivity index (χ0) is 23.3. The topological polar surface area (TPSA) is 104 Å². The lowest BCUT2D eigenvalue weighted by atomic mass is 10.1. The molecule has 1 N–H and O–H groups in total. The van der Waals surface area contributed by atoms with E-state index in [1.807, 2.05) is 13.8 Å². The third-order valence-corrected chi connectivity index (χ3v) is 4.66. The molecule has 32 heavy (non-hydrogen) atoms. The Morgan fingerprint density at radius 1 is 1.22 bits per heavy atom. The van der Waals surface area contributed by atoms with Crippen LogP contribution in [-0.4, -0.2) is 45.3 Å². The molecule has 2 heterocycles. The summed E-state index contributed by atoms with van der Waals surface area (Å²) in [5, 5.41) is 7.63. The molecule has 0 aliphatic rings. The predicted molar refractivity (Wildman–Crippen MR) is 120 cm³/mol. The van der Waals surface area contributed by atoms with Crippen molar-refractivity contribution < 1.29 is 19.1 Å². The van der Waals surface area contributed by atoms with Crippen molar-refractivity contribution in [2.24, 2.45) is 0 Å². The van der Waals surface area contributed by atoms with E-state index in [1.165, 1.54) is 22.1 Å². The fourth-order valence-corrected chi connectivity index (χ4v) is 3.32. The number of nitrogens with one attached hydrogen (secondary N) is 1. The third kappa shape index (κ3) is 5.88. The molecular weight excluding hydrogens is 436 g/mol. The summed E-state index contributed by atoms with van der Waals surface area (Å²) in [7, 11) is 0. The molecule has 0 fully saturated rings. The second kappa shape index (κ2) is 10.3. The van der Waals surface area contributed by atoms with E-state index in [4.69, 9.17) is 21.1 Å². The number of hydrogen-bond acceptors (Lipinski definition) is 6. The van der Waals surface area contributed by atoms with Crippen LogP contribution in [0.4, 0.5) is 0 Å². The van der Waals surface area contributed by atoms with Crippen LogP contribution < -0.4 is 15.6 Å². The number of aromatic nitrogens is 3. The highest BCUT2D eigenvalue weighted by atomic mass is 35.5. The molecule has 9 nitrogen and oxygen atoms in total. The Morgan fingerprint density at radius 3 is 2.69 bits per heavy atom. The van der Waals surface area contributed by atoms with Gasteiger partial charge in [-0.3, -0.25) is 19.0 Å². The van der Waals surface area contributed by atoms with Gasteiger partial charge in [-0.1, -0.05) is 23.7 Å². The van der Waals surface area contributed by atoms with Crippen molar-refractivity contribution >= 4 is 29.0 Å². The molecule has 170 valence electrons. The van der Waals surface area contributed by atoms with E-state index in [2.05, 4.69) is 10.4 Å². The standard InChI is InChI=1S/C22H25ClN4O5/c1-14(2)24-20(29)13-26-19(16-6-4-7-17(23)10-16)12-27-18(22(26)30)11-21(25-27)32-9-5-8-31-15(3)28/h4,6-7,10-12,14H,5,8-9,13H2,1-3H3,(H,24,29). The number of rotatable bonds is 9. The summed E-state index contributed by atoms with van der Waals surface area (Å²) in [6, 6.07) is 8.48. The number of amides is 1. The maximum absolute atomic E-state index is 13.3. The fourth-order valence-electron chi connectivity index (χ4n) is 3.13. The van der Waals surface area contributed by atoms with Gasteiger partial charge < -0.3 is 14.8 Å². The van der Waals surface area contributed by atoms with Gasteiger partial charge in [0.15, 0.2) is 0 Å². The van der Waals surface area contributed by atoms with Gasteiger partial charge in [0.2, 0.25) is 11.8 Å². The summed E-state index contributed by atoms with van der Waals surface area (Å²) >= 11 is 6.15. The highest BCUT2D eigenvalue weighted by molar-refractivity contribution is 6.30. The van der Waals surface area contributed by atoms with Crippen LogP contribution in [0.1, 0.15) is 27.2 Å². The van der Waals surface area contributed by atoms with Crippen LogP contribution in [0, 0.1) is 0 Å². The van der Waals surface area contributed by atoms with Crippen molar-refractivity contribution in [1.82, 2.24) is 19.5 Å². The summed E-state index contributed by atoms with van der Waals surface area (Å²) in [6.07, 6.45) is 2.15. The quantitative estimate of drug-likeness (QED) is 0.389. The van der Waals surface area contributed by atoms with Crippen LogP contribution in [0.5, 0.6) is 5.88 Å². The van der Waals surface area contributed by atoms with Crippen LogP contribution in [0.3, 0.4) is 0 Å². The molecule has 3 aromatic rings. The molecule has 0 aliphatic carbocycles. The van der Waals surface area contributed by atoms with Crippen LogP contribution in [0.15, 0.2) is 41.3 Å². The number of ether oxygens (including phenoxy) is 2. The average Bonchev–Trinajstić information content (AvgIpc) is 3.12. The molecule has 1 amide bonds. The second-order valence-corrected chi connectivity index (χ2v) is 7.93. The minimum Gasteiger partial charge on any atom is -0.476 e. The first-order valence-corrected chi connectivity index (χ1v) is 10.6. The van der Waals surface area contributed by atoms with Gasteiger partial charge >= 0.3 is 5.97 Å². The molecule has 0 saturated carbocycles. The van der Waals surface area contributed by atoms with Crippen molar-refractivity contribution in [3.63, 3.8) is 0 Å². The van der Waals surface area contributed by atoms with Crippen molar-refractivity contribution in [3.05, 3.63) is 51.9 Å². The number of carbonyl (C=O) groups is 2. The van der Waals surface area contributed by atoms with Crippen molar-refractivity contribution in [2.45, 2.75) is 39.8 Å². The molecule has 0 bridgehead atoms. The second-order valence-electron chi connectivity index (χ2n) is 7.49. The molecule has 2 aromatic heterocycles. The summed E-state index contributed by atoms with van der Waals surface area (Å²) in [4.78, 5) is 36.5. The van der Waals surface area contributed by atoms with Gasteiger partial charge in [0.1, 0.15) is 12.1 Å².